The van der Waals surface area contributed by atoms with E-state index < -0.39 is 11.9 Å². The Morgan fingerprint density at radius 3 is 1.26 bits per heavy atom. The minimum Gasteiger partial charge on any atom is -0.478 e. The van der Waals surface area contributed by atoms with Crippen LogP contribution in [0.2, 0.25) is 0 Å². The second-order valence-electron chi connectivity index (χ2n) is 4.93. The van der Waals surface area contributed by atoms with Gasteiger partial charge in [-0.2, -0.15) is 0 Å². The second kappa shape index (κ2) is 5.81. The van der Waals surface area contributed by atoms with Crippen LogP contribution in [0.5, 0.6) is 0 Å². The summed E-state index contributed by atoms with van der Waals surface area (Å²) in [6.45, 7) is 0. The molecule has 0 spiro atoms. The molecule has 1 aromatic heterocycles. The Morgan fingerprint density at radius 2 is 0.957 bits per heavy atom. The number of carboxylic acids is 2. The number of aromatic carboxylic acids is 2. The van der Waals surface area contributed by atoms with Gasteiger partial charge in [0.1, 0.15) is 11.5 Å². The minimum absolute atomic E-state index is 0.213. The molecule has 0 amide bonds. The molecule has 0 unspecified atom stereocenters. The SMILES string of the molecule is O=C(O)c1ccc(-c2ccc(-c3ccc(C(=O)O)cc3)o2)cc1. The van der Waals surface area contributed by atoms with Gasteiger partial charge < -0.3 is 14.6 Å². The predicted octanol–water partition coefficient (Wildman–Crippen LogP) is 4.01. The van der Waals surface area contributed by atoms with Crippen LogP contribution in [0.4, 0.5) is 0 Å². The van der Waals surface area contributed by atoms with E-state index in [1.807, 2.05) is 0 Å². The van der Waals surface area contributed by atoms with E-state index in [1.54, 1.807) is 36.4 Å². The van der Waals surface area contributed by atoms with E-state index in [-0.39, 0.29) is 11.1 Å². The summed E-state index contributed by atoms with van der Waals surface area (Å²) in [4.78, 5) is 21.7. The van der Waals surface area contributed by atoms with Gasteiger partial charge in [0.15, 0.2) is 0 Å². The van der Waals surface area contributed by atoms with Crippen molar-refractivity contribution < 1.29 is 24.2 Å². The Bertz CT molecular complexity index is 785. The normalized spacial score (nSPS) is 10.4. The van der Waals surface area contributed by atoms with Crippen LogP contribution in [-0.2, 0) is 0 Å². The lowest BCUT2D eigenvalue weighted by molar-refractivity contribution is 0.0686. The number of rotatable bonds is 4. The summed E-state index contributed by atoms with van der Waals surface area (Å²) >= 11 is 0. The molecule has 0 aliphatic rings. The monoisotopic (exact) mass is 308 g/mol. The van der Waals surface area contributed by atoms with Crippen molar-refractivity contribution in [3.05, 3.63) is 71.8 Å². The number of benzene rings is 2. The molecule has 2 N–H and O–H groups in total. The summed E-state index contributed by atoms with van der Waals surface area (Å²) in [5.41, 5.74) is 1.96. The van der Waals surface area contributed by atoms with Crippen molar-refractivity contribution in [2.24, 2.45) is 0 Å². The molecule has 3 rings (SSSR count). The molecular formula is C18H12O5. The van der Waals surface area contributed by atoms with Gasteiger partial charge in [-0.3, -0.25) is 0 Å². The van der Waals surface area contributed by atoms with E-state index in [4.69, 9.17) is 14.6 Å². The molecule has 114 valence electrons. The van der Waals surface area contributed by atoms with E-state index in [0.717, 1.165) is 11.1 Å². The second-order valence-corrected chi connectivity index (χ2v) is 4.93. The van der Waals surface area contributed by atoms with Crippen LogP contribution in [0, 0.1) is 0 Å². The highest BCUT2D eigenvalue weighted by atomic mass is 16.4. The van der Waals surface area contributed by atoms with Crippen molar-refractivity contribution in [3.8, 4) is 22.6 Å². The molecule has 0 saturated heterocycles. The van der Waals surface area contributed by atoms with Crippen LogP contribution in [0.25, 0.3) is 22.6 Å². The fourth-order valence-corrected chi connectivity index (χ4v) is 2.20. The van der Waals surface area contributed by atoms with E-state index in [9.17, 15) is 9.59 Å². The predicted molar refractivity (Wildman–Crippen MR) is 83.5 cm³/mol. The molecular weight excluding hydrogens is 296 g/mol. The topological polar surface area (TPSA) is 87.7 Å². The van der Waals surface area contributed by atoms with E-state index >= 15 is 0 Å². The van der Waals surface area contributed by atoms with Gasteiger partial charge in [0.25, 0.3) is 0 Å². The maximum Gasteiger partial charge on any atom is 0.335 e. The molecule has 5 nitrogen and oxygen atoms in total. The zero-order chi connectivity index (χ0) is 16.4. The maximum absolute atomic E-state index is 10.8. The molecule has 0 saturated carbocycles. The number of hydrogen-bond acceptors (Lipinski definition) is 3. The Kier molecular flexibility index (Phi) is 3.68. The molecule has 1 heterocycles. The average Bonchev–Trinajstić information content (AvgIpc) is 3.05. The van der Waals surface area contributed by atoms with Gasteiger partial charge in [0.2, 0.25) is 0 Å². The Labute approximate surface area is 131 Å². The molecule has 3 aromatic rings. The molecule has 23 heavy (non-hydrogen) atoms. The summed E-state index contributed by atoms with van der Waals surface area (Å²) in [6.07, 6.45) is 0. The summed E-state index contributed by atoms with van der Waals surface area (Å²) in [7, 11) is 0. The lowest BCUT2D eigenvalue weighted by Gasteiger charge is -2.00. The van der Waals surface area contributed by atoms with Gasteiger partial charge in [0, 0.05) is 11.1 Å². The van der Waals surface area contributed by atoms with Gasteiger partial charge in [-0.15, -0.1) is 0 Å². The van der Waals surface area contributed by atoms with Crippen molar-refractivity contribution in [2.45, 2.75) is 0 Å². The Balaban J connectivity index is 1.87. The zero-order valence-corrected chi connectivity index (χ0v) is 11.9. The van der Waals surface area contributed by atoms with Gasteiger partial charge in [-0.1, -0.05) is 24.3 Å². The highest BCUT2D eigenvalue weighted by Gasteiger charge is 2.09. The molecule has 0 atom stereocenters. The third-order valence-corrected chi connectivity index (χ3v) is 3.44. The van der Waals surface area contributed by atoms with Gasteiger partial charge in [-0.05, 0) is 36.4 Å². The first-order valence-electron chi connectivity index (χ1n) is 6.82. The molecule has 0 fully saturated rings. The third kappa shape index (κ3) is 2.98. The standard InChI is InChI=1S/C18H12O5/c19-17(20)13-5-1-11(2-6-13)15-9-10-16(23-15)12-3-7-14(8-4-12)18(21)22/h1-10H,(H,19,20)(H,21,22). The maximum atomic E-state index is 10.8. The van der Waals surface area contributed by atoms with Crippen LogP contribution in [-0.4, -0.2) is 22.2 Å². The van der Waals surface area contributed by atoms with Crippen molar-refractivity contribution in [1.29, 1.82) is 0 Å². The van der Waals surface area contributed by atoms with E-state index in [1.165, 1.54) is 24.3 Å². The Hall–Kier alpha value is -3.34. The lowest BCUT2D eigenvalue weighted by Crippen LogP contribution is -1.94. The first-order valence-corrected chi connectivity index (χ1v) is 6.82. The van der Waals surface area contributed by atoms with Gasteiger partial charge >= 0.3 is 11.9 Å². The molecule has 0 aliphatic heterocycles. The quantitative estimate of drug-likeness (QED) is 0.760. The van der Waals surface area contributed by atoms with Crippen LogP contribution in [0.1, 0.15) is 20.7 Å². The van der Waals surface area contributed by atoms with Crippen LogP contribution in [0.3, 0.4) is 0 Å². The summed E-state index contributed by atoms with van der Waals surface area (Å²) in [5, 5.41) is 17.8. The third-order valence-electron chi connectivity index (χ3n) is 3.44. The first-order chi connectivity index (χ1) is 11.0. The molecule has 2 aromatic carbocycles. The lowest BCUT2D eigenvalue weighted by atomic mass is 10.1. The largest absolute Gasteiger partial charge is 0.478 e. The number of carboxylic acid groups (broad SMARTS) is 2. The smallest absolute Gasteiger partial charge is 0.335 e. The first kappa shape index (κ1) is 14.6. The minimum atomic E-state index is -0.977. The van der Waals surface area contributed by atoms with Crippen molar-refractivity contribution in [2.75, 3.05) is 0 Å². The Morgan fingerprint density at radius 1 is 0.609 bits per heavy atom. The summed E-state index contributed by atoms with van der Waals surface area (Å²) < 4.78 is 5.76. The summed E-state index contributed by atoms with van der Waals surface area (Å²) in [6, 6.07) is 16.4. The van der Waals surface area contributed by atoms with Crippen LogP contribution in [0.15, 0.2) is 65.1 Å². The van der Waals surface area contributed by atoms with E-state index in [2.05, 4.69) is 0 Å². The fourth-order valence-electron chi connectivity index (χ4n) is 2.20. The number of furan rings is 1. The van der Waals surface area contributed by atoms with Crippen LogP contribution >= 0.6 is 0 Å². The molecule has 0 bridgehead atoms. The highest BCUT2D eigenvalue weighted by Crippen LogP contribution is 2.28. The zero-order valence-electron chi connectivity index (χ0n) is 11.9. The fraction of sp³-hybridized carbons (Fsp3) is 0. The average molecular weight is 308 g/mol. The molecule has 5 heteroatoms. The van der Waals surface area contributed by atoms with Crippen molar-refractivity contribution in [1.82, 2.24) is 0 Å². The van der Waals surface area contributed by atoms with E-state index in [0.29, 0.717) is 11.5 Å². The number of hydrogen-bond donors (Lipinski definition) is 2. The van der Waals surface area contributed by atoms with Crippen molar-refractivity contribution >= 4 is 11.9 Å². The van der Waals surface area contributed by atoms with Crippen molar-refractivity contribution in [3.63, 3.8) is 0 Å². The van der Waals surface area contributed by atoms with Crippen LogP contribution < -0.4 is 0 Å². The van der Waals surface area contributed by atoms with Gasteiger partial charge in [-0.25, -0.2) is 9.59 Å². The van der Waals surface area contributed by atoms with Gasteiger partial charge in [0.05, 0.1) is 11.1 Å². The summed E-state index contributed by atoms with van der Waals surface area (Å²) in [5.74, 6) is -0.732. The highest BCUT2D eigenvalue weighted by molar-refractivity contribution is 5.88. The molecule has 0 aliphatic carbocycles. The molecule has 0 radical (unpaired) electrons. The number of carbonyl (C=O) groups is 2.